The van der Waals surface area contributed by atoms with Crippen molar-refractivity contribution in [3.05, 3.63) is 23.8 Å². The zero-order valence-corrected chi connectivity index (χ0v) is 20.3. The Hall–Kier alpha value is -1.38. The van der Waals surface area contributed by atoms with E-state index in [0.29, 0.717) is 18.5 Å². The predicted molar refractivity (Wildman–Crippen MR) is 129 cm³/mol. The average molecular weight is 450 g/mol. The molecule has 0 radical (unpaired) electrons. The van der Waals surface area contributed by atoms with Crippen molar-refractivity contribution >= 4 is 11.4 Å². The van der Waals surface area contributed by atoms with Gasteiger partial charge in [0, 0.05) is 18.6 Å². The number of aliphatic hydroxyl groups is 4. The van der Waals surface area contributed by atoms with E-state index >= 15 is 0 Å². The molecule has 1 fully saturated rings. The van der Waals surface area contributed by atoms with Crippen molar-refractivity contribution in [2.45, 2.75) is 102 Å². The summed E-state index contributed by atoms with van der Waals surface area (Å²) < 4.78 is 0. The van der Waals surface area contributed by atoms with Crippen molar-refractivity contribution in [2.75, 3.05) is 23.8 Å². The summed E-state index contributed by atoms with van der Waals surface area (Å²) >= 11 is 0. The van der Waals surface area contributed by atoms with Crippen LogP contribution in [-0.4, -0.2) is 75.0 Å². The van der Waals surface area contributed by atoms with E-state index < -0.39 is 24.9 Å². The number of aliphatic hydroxyl groups excluding tert-OH is 4. The molecule has 2 aliphatic rings. The summed E-state index contributed by atoms with van der Waals surface area (Å²) in [5.74, 6) is 0.656. The van der Waals surface area contributed by atoms with Gasteiger partial charge in [-0.1, -0.05) is 26.8 Å². The highest BCUT2D eigenvalue weighted by atomic mass is 16.4. The third-order valence-corrected chi connectivity index (χ3v) is 7.13. The molecular formula is C25H43N3O4. The Morgan fingerprint density at radius 3 is 2.25 bits per heavy atom. The Balaban J connectivity index is 1.44. The number of benzene rings is 1. The van der Waals surface area contributed by atoms with Gasteiger partial charge in [-0.15, -0.1) is 0 Å². The topological polar surface area (TPSA) is 108 Å². The van der Waals surface area contributed by atoms with Crippen molar-refractivity contribution in [3.8, 4) is 0 Å². The molecule has 1 aliphatic heterocycles. The fourth-order valence-electron chi connectivity index (χ4n) is 4.89. The highest BCUT2D eigenvalue weighted by Gasteiger charge is 2.37. The molecular weight excluding hydrogens is 406 g/mol. The van der Waals surface area contributed by atoms with Gasteiger partial charge >= 0.3 is 0 Å². The van der Waals surface area contributed by atoms with Gasteiger partial charge in [0.1, 0.15) is 12.2 Å². The largest absolute Gasteiger partial charge is 0.394 e. The number of rotatable bonds is 10. The van der Waals surface area contributed by atoms with E-state index in [1.54, 1.807) is 0 Å². The number of hydrogen-bond donors (Lipinski definition) is 6. The molecule has 1 saturated carbocycles. The first-order valence-electron chi connectivity index (χ1n) is 12.1. The van der Waals surface area contributed by atoms with Crippen molar-refractivity contribution in [1.82, 2.24) is 4.90 Å². The minimum Gasteiger partial charge on any atom is -0.394 e. The van der Waals surface area contributed by atoms with Crippen LogP contribution in [0, 0.1) is 5.92 Å². The third kappa shape index (κ3) is 5.94. The molecule has 0 bridgehead atoms. The lowest BCUT2D eigenvalue weighted by molar-refractivity contribution is -0.0951. The molecule has 7 heteroatoms. The summed E-state index contributed by atoms with van der Waals surface area (Å²) in [4.78, 5) is 2.21. The van der Waals surface area contributed by atoms with E-state index in [1.807, 2.05) is 0 Å². The molecule has 1 aliphatic carbocycles. The van der Waals surface area contributed by atoms with E-state index in [4.69, 9.17) is 5.11 Å². The highest BCUT2D eigenvalue weighted by Crippen LogP contribution is 2.39. The zero-order valence-electron chi connectivity index (χ0n) is 20.3. The van der Waals surface area contributed by atoms with Gasteiger partial charge in [-0.3, -0.25) is 4.90 Å². The maximum atomic E-state index is 10.3. The van der Waals surface area contributed by atoms with Crippen LogP contribution in [0.25, 0.3) is 0 Å². The van der Waals surface area contributed by atoms with E-state index in [0.717, 1.165) is 25.7 Å². The second-order valence-electron chi connectivity index (χ2n) is 11.0. The second kappa shape index (κ2) is 10.3. The highest BCUT2D eigenvalue weighted by molar-refractivity contribution is 5.75. The van der Waals surface area contributed by atoms with Crippen molar-refractivity contribution in [1.29, 1.82) is 0 Å². The van der Waals surface area contributed by atoms with Gasteiger partial charge in [0.05, 0.1) is 30.3 Å². The fourth-order valence-corrected chi connectivity index (χ4v) is 4.89. The lowest BCUT2D eigenvalue weighted by atomic mass is 9.76. The standard InChI is InChI=1S/C25H43N3O4/c1-15(2)28(13-21(30)24(32)22(31)14-29)18-10-16(11-18)6-9-23-26-19-8-7-17(25(3,4)5)12-20(19)27-23/h7-8,12,15-16,18,21-24,26-27,29-32H,6,9-11,13-14H2,1-5H3. The molecule has 4 unspecified atom stereocenters. The van der Waals surface area contributed by atoms with Gasteiger partial charge < -0.3 is 31.1 Å². The maximum Gasteiger partial charge on any atom is 0.109 e. The van der Waals surface area contributed by atoms with Crippen LogP contribution in [0.3, 0.4) is 0 Å². The van der Waals surface area contributed by atoms with E-state index in [2.05, 4.69) is 68.4 Å². The fraction of sp³-hybridized carbons (Fsp3) is 0.760. The summed E-state index contributed by atoms with van der Waals surface area (Å²) in [6.45, 7) is 10.6. The van der Waals surface area contributed by atoms with Gasteiger partial charge in [0.2, 0.25) is 0 Å². The van der Waals surface area contributed by atoms with Crippen molar-refractivity contribution in [2.24, 2.45) is 5.92 Å². The summed E-state index contributed by atoms with van der Waals surface area (Å²) in [6.07, 6.45) is 0.888. The second-order valence-corrected chi connectivity index (χ2v) is 11.0. The summed E-state index contributed by atoms with van der Waals surface area (Å²) in [5, 5.41) is 46.1. The third-order valence-electron chi connectivity index (χ3n) is 7.13. The van der Waals surface area contributed by atoms with Crippen LogP contribution in [0.1, 0.15) is 65.9 Å². The van der Waals surface area contributed by atoms with Crippen molar-refractivity contribution in [3.63, 3.8) is 0 Å². The number of fused-ring (bicyclic) bond motifs is 1. The van der Waals surface area contributed by atoms with Gasteiger partial charge in [-0.25, -0.2) is 0 Å². The first-order valence-corrected chi connectivity index (χ1v) is 12.1. The number of anilines is 2. The van der Waals surface area contributed by atoms with Crippen LogP contribution in [0.5, 0.6) is 0 Å². The monoisotopic (exact) mass is 449 g/mol. The minimum absolute atomic E-state index is 0.137. The smallest absolute Gasteiger partial charge is 0.109 e. The van der Waals surface area contributed by atoms with Gasteiger partial charge in [0.25, 0.3) is 0 Å². The van der Waals surface area contributed by atoms with E-state index in [1.165, 1.54) is 16.9 Å². The molecule has 1 heterocycles. The van der Waals surface area contributed by atoms with Crippen LogP contribution in [0.15, 0.2) is 18.2 Å². The molecule has 0 aromatic heterocycles. The Morgan fingerprint density at radius 1 is 1.00 bits per heavy atom. The molecule has 0 saturated heterocycles. The van der Waals surface area contributed by atoms with Crippen molar-refractivity contribution < 1.29 is 20.4 Å². The molecule has 32 heavy (non-hydrogen) atoms. The normalized spacial score (nSPS) is 25.7. The SMILES string of the molecule is CC(C)N(CC(O)C(O)C(O)CO)C1CC(CCC2Nc3ccc(C(C)(C)C)cc3N2)C1. The molecule has 0 spiro atoms. The lowest BCUT2D eigenvalue weighted by Crippen LogP contribution is -2.54. The first-order chi connectivity index (χ1) is 15.0. The summed E-state index contributed by atoms with van der Waals surface area (Å²) in [7, 11) is 0. The summed E-state index contributed by atoms with van der Waals surface area (Å²) in [5.41, 5.74) is 3.84. The van der Waals surface area contributed by atoms with Crippen LogP contribution in [-0.2, 0) is 5.41 Å². The molecule has 3 rings (SSSR count). The first kappa shape index (κ1) is 25.2. The molecule has 0 amide bonds. The van der Waals surface area contributed by atoms with Gasteiger partial charge in [0.15, 0.2) is 0 Å². The molecule has 182 valence electrons. The molecule has 7 nitrogen and oxygen atoms in total. The Labute approximate surface area is 192 Å². The molecule has 1 aromatic carbocycles. The molecule has 1 aromatic rings. The lowest BCUT2D eigenvalue weighted by Gasteiger charge is -2.46. The van der Waals surface area contributed by atoms with Crippen LogP contribution in [0.4, 0.5) is 11.4 Å². The quantitative estimate of drug-likeness (QED) is 0.326. The minimum atomic E-state index is -1.34. The molecule has 6 N–H and O–H groups in total. The van der Waals surface area contributed by atoms with Crippen LogP contribution >= 0.6 is 0 Å². The van der Waals surface area contributed by atoms with Crippen LogP contribution in [0.2, 0.25) is 0 Å². The Kier molecular flexibility index (Phi) is 8.10. The number of nitrogens with one attached hydrogen (secondary N) is 2. The van der Waals surface area contributed by atoms with E-state index in [9.17, 15) is 15.3 Å². The Bertz CT molecular complexity index is 745. The molecule has 4 atom stereocenters. The zero-order chi connectivity index (χ0) is 23.6. The summed E-state index contributed by atoms with van der Waals surface area (Å²) in [6, 6.07) is 7.26. The Morgan fingerprint density at radius 2 is 1.66 bits per heavy atom. The van der Waals surface area contributed by atoms with Crippen LogP contribution < -0.4 is 10.6 Å². The maximum absolute atomic E-state index is 10.3. The average Bonchev–Trinajstić information content (AvgIpc) is 3.11. The van der Waals surface area contributed by atoms with E-state index in [-0.39, 0.29) is 17.6 Å². The van der Waals surface area contributed by atoms with Gasteiger partial charge in [-0.2, -0.15) is 0 Å². The predicted octanol–water partition coefficient (Wildman–Crippen LogP) is 2.49. The van der Waals surface area contributed by atoms with Gasteiger partial charge in [-0.05, 0) is 68.6 Å². The number of hydrogen-bond acceptors (Lipinski definition) is 7. The number of nitrogens with zero attached hydrogens (tertiary/aromatic N) is 1.